The molecule has 11 aromatic rings. The van der Waals surface area contributed by atoms with Crippen LogP contribution in [0.15, 0.2) is 176 Å². The smallest absolute Gasteiger partial charge is 0.337 e. The van der Waals surface area contributed by atoms with Crippen LogP contribution >= 0.6 is 0 Å². The molecule has 5 heterocycles. The summed E-state index contributed by atoms with van der Waals surface area (Å²) in [5.74, 6) is -5.20. The van der Waals surface area contributed by atoms with Gasteiger partial charge in [0.2, 0.25) is 0 Å². The summed E-state index contributed by atoms with van der Waals surface area (Å²) < 4.78 is 1.75. The van der Waals surface area contributed by atoms with E-state index in [0.29, 0.717) is 65.7 Å². The van der Waals surface area contributed by atoms with Gasteiger partial charge in [0.15, 0.2) is 0 Å². The van der Waals surface area contributed by atoms with Gasteiger partial charge in [-0.2, -0.15) is 0 Å². The Morgan fingerprint density at radius 2 is 0.766 bits per heavy atom. The average molecular weight is 1100 g/mol. The molecule has 3 aromatic heterocycles. The summed E-state index contributed by atoms with van der Waals surface area (Å²) in [6.45, 7) is 0. The quantitative estimate of drug-likeness (QED) is 0.0914. The summed E-state index contributed by atoms with van der Waals surface area (Å²) in [6, 6.07) is 51.3. The van der Waals surface area contributed by atoms with Crippen LogP contribution in [-0.4, -0.2) is 63.8 Å². The molecule has 0 saturated heterocycles. The minimum atomic E-state index is -1.31. The van der Waals surface area contributed by atoms with Crippen molar-refractivity contribution in [3.63, 3.8) is 0 Å². The zero-order chi connectivity index (χ0) is 51.9. The number of nitrogens with one attached hydrogen (secondary N) is 1. The number of benzene rings is 8. The fourth-order valence-electron chi connectivity index (χ4n) is 11.1. The maximum atomic E-state index is 14.2. The molecule has 12 nitrogen and oxygen atoms in total. The van der Waals surface area contributed by atoms with Gasteiger partial charge in [0.05, 0.1) is 61.8 Å². The summed E-state index contributed by atoms with van der Waals surface area (Å²) in [6.07, 6.45) is 7.18. The zero-order valence-corrected chi connectivity index (χ0v) is 44.6. The van der Waals surface area contributed by atoms with E-state index in [1.54, 1.807) is 102 Å². The third-order valence-corrected chi connectivity index (χ3v) is 14.3. The summed E-state index contributed by atoms with van der Waals surface area (Å²) >= 11 is 0. The number of H-pyrrole nitrogens is 1. The molecule has 13 heteroatoms. The van der Waals surface area contributed by atoms with E-state index in [0.717, 1.165) is 5.52 Å². The fraction of sp³-hybridized carbons (Fsp3) is 0. The van der Waals surface area contributed by atoms with E-state index >= 15 is 0 Å². The predicted molar refractivity (Wildman–Crippen MR) is 298 cm³/mol. The number of hydrogen-bond acceptors (Lipinski definition) is 6. The van der Waals surface area contributed by atoms with Crippen LogP contribution in [0.4, 0.5) is 0 Å². The van der Waals surface area contributed by atoms with Crippen LogP contribution in [0, 0.1) is 0 Å². The van der Waals surface area contributed by atoms with Gasteiger partial charge in [0.25, 0.3) is 0 Å². The molecule has 2 aliphatic heterocycles. The summed E-state index contributed by atoms with van der Waals surface area (Å²) in [4.78, 5) is 70.5. The first kappa shape index (κ1) is 48.2. The largest absolute Gasteiger partial charge is 0.478 e. The first-order valence-corrected chi connectivity index (χ1v) is 24.2. The molecule has 8 bridgehead atoms. The van der Waals surface area contributed by atoms with E-state index in [4.69, 9.17) is 9.97 Å². The number of hydrogen-bond donors (Lipinski definition) is 5. The van der Waals surface area contributed by atoms with Crippen molar-refractivity contribution in [3.8, 4) is 39.1 Å². The first-order valence-electron chi connectivity index (χ1n) is 24.2. The number of aromatic nitrogens is 4. The molecule has 0 spiro atoms. The van der Waals surface area contributed by atoms with Crippen molar-refractivity contribution >= 4 is 113 Å². The molecular weight excluding hydrogens is 1070 g/mol. The van der Waals surface area contributed by atoms with E-state index in [9.17, 15) is 39.6 Å². The molecule has 0 fully saturated rings. The normalized spacial score (nSPS) is 11.8. The van der Waals surface area contributed by atoms with Gasteiger partial charge in [-0.25, -0.2) is 29.1 Å². The standard InChI is InChI=1S/C64H38N4O8.Cd/c69-61(70)47-26-17-34-9-1-5-13-43(34)53(47)56-51-30-25-41(67-51)32-40-22-21-38(65-40)31-39-23-24-42(66-39)33-52-57(54-44-14-6-2-10-35(44)18-27-48(54)62(71)72)58(55-45-15-7-3-11-36(45)19-28-49(55)63(73)74)60(56)68(52)59-46-16-8-4-12-37(46)20-29-50(59)64(75)76;/h1-33,65H,(H,69,70)(H,71,72)(H,73,74)(H,75,76);. The Morgan fingerprint density at radius 1 is 0.377 bits per heavy atom. The second kappa shape index (κ2) is 18.8. The minimum Gasteiger partial charge on any atom is -0.478 e. The topological polar surface area (TPSA) is 196 Å². The molecule has 0 amide bonds. The Balaban J connectivity index is 0.00000596. The van der Waals surface area contributed by atoms with Crippen LogP contribution in [0.3, 0.4) is 0 Å². The number of carboxylic acids is 4. The summed E-state index contributed by atoms with van der Waals surface area (Å²) in [7, 11) is 0. The van der Waals surface area contributed by atoms with E-state index < -0.39 is 23.9 Å². The maximum absolute atomic E-state index is 14.2. The molecule has 13 rings (SSSR count). The first-order chi connectivity index (χ1) is 37.0. The number of nitrogens with zero attached hydrogens (tertiary/aromatic N) is 3. The molecule has 0 aliphatic carbocycles. The molecule has 0 atom stereocenters. The number of carboxylic acid groups (broad SMARTS) is 4. The van der Waals surface area contributed by atoms with E-state index in [1.807, 2.05) is 78.9 Å². The second-order valence-electron chi connectivity index (χ2n) is 18.6. The Hall–Kier alpha value is -9.80. The Morgan fingerprint density at radius 3 is 1.26 bits per heavy atom. The Labute approximate surface area is 457 Å². The van der Waals surface area contributed by atoms with Crippen molar-refractivity contribution in [1.29, 1.82) is 0 Å². The van der Waals surface area contributed by atoms with Crippen molar-refractivity contribution in [2.45, 2.75) is 0 Å². The van der Waals surface area contributed by atoms with Crippen LogP contribution in [0.1, 0.15) is 64.2 Å². The Kier molecular flexibility index (Phi) is 11.8. The molecule has 0 saturated carbocycles. The summed E-state index contributed by atoms with van der Waals surface area (Å²) in [5.41, 5.74) is 3.98. The second-order valence-corrected chi connectivity index (χ2v) is 18.6. The monoisotopic (exact) mass is 1100 g/mol. The van der Waals surface area contributed by atoms with E-state index in [1.165, 1.54) is 24.3 Å². The van der Waals surface area contributed by atoms with Gasteiger partial charge in [-0.3, -0.25) is 0 Å². The van der Waals surface area contributed by atoms with Gasteiger partial charge >= 0.3 is 23.9 Å². The maximum Gasteiger partial charge on any atom is 0.337 e. The van der Waals surface area contributed by atoms with Crippen LogP contribution in [0.2, 0.25) is 0 Å². The van der Waals surface area contributed by atoms with Crippen molar-refractivity contribution in [1.82, 2.24) is 19.5 Å². The van der Waals surface area contributed by atoms with Crippen molar-refractivity contribution < 1.29 is 66.9 Å². The molecule has 5 N–H and O–H groups in total. The molecule has 0 unspecified atom stereocenters. The Bertz CT molecular complexity index is 4680. The van der Waals surface area contributed by atoms with Crippen LogP contribution in [0.5, 0.6) is 0 Å². The van der Waals surface area contributed by atoms with Gasteiger partial charge < -0.3 is 30.0 Å². The van der Waals surface area contributed by atoms with Gasteiger partial charge in [0, 0.05) is 77.1 Å². The SMILES string of the molecule is O=C(O)c1ccc2ccccc2c1-c1c(-c2c(C(=O)O)ccc3ccccc23)c2c(-c3c(C(=O)O)ccc4ccccc34)c3nc(cc4ccc(cc5nc(cc1n2-c1c(C(=O)O)ccc2ccccc12)C=C5)[nH]4)C=C3.[Cd]. The van der Waals surface area contributed by atoms with Gasteiger partial charge in [-0.1, -0.05) is 121 Å². The van der Waals surface area contributed by atoms with Gasteiger partial charge in [-0.05, 0) is 117 Å². The number of carbonyl (C=O) groups is 4. The minimum absolute atomic E-state index is 0. The van der Waals surface area contributed by atoms with E-state index in [2.05, 4.69) is 4.98 Å². The van der Waals surface area contributed by atoms with Crippen LogP contribution < -0.4 is 0 Å². The van der Waals surface area contributed by atoms with Crippen molar-refractivity contribution in [2.24, 2.45) is 0 Å². The van der Waals surface area contributed by atoms with Crippen molar-refractivity contribution in [3.05, 3.63) is 221 Å². The predicted octanol–water partition coefficient (Wildman–Crippen LogP) is 14.5. The average Bonchev–Trinajstić information content (AvgIpc) is 4.44. The molecule has 2 aliphatic rings. The third-order valence-electron chi connectivity index (χ3n) is 14.3. The molecule has 77 heavy (non-hydrogen) atoms. The van der Waals surface area contributed by atoms with Crippen molar-refractivity contribution in [2.75, 3.05) is 0 Å². The number of aromatic amines is 1. The van der Waals surface area contributed by atoms with Gasteiger partial charge in [0.1, 0.15) is 0 Å². The molecule has 0 radical (unpaired) electrons. The number of fused-ring (bicyclic) bond motifs is 12. The number of aromatic carboxylic acids is 4. The van der Waals surface area contributed by atoms with Crippen LogP contribution in [-0.2, 0) is 27.3 Å². The molecule has 8 aromatic carbocycles. The van der Waals surface area contributed by atoms with Crippen LogP contribution in [0.25, 0.3) is 129 Å². The third kappa shape index (κ3) is 7.96. The molecular formula is C64H38CdN4O8. The molecule has 364 valence electrons. The summed E-state index contributed by atoms with van der Waals surface area (Å²) in [5, 5.41) is 50.7. The zero-order valence-electron chi connectivity index (χ0n) is 40.5. The van der Waals surface area contributed by atoms with E-state index in [-0.39, 0.29) is 105 Å². The van der Waals surface area contributed by atoms with Gasteiger partial charge in [-0.15, -0.1) is 0 Å². The number of rotatable bonds is 8. The fourth-order valence-corrected chi connectivity index (χ4v) is 11.1.